The molecule has 2 N–H and O–H groups in total. The predicted molar refractivity (Wildman–Crippen MR) is 106 cm³/mol. The Labute approximate surface area is 173 Å². The number of hydrogen-bond acceptors (Lipinski definition) is 7. The number of aliphatic hydroxyl groups excluding tert-OH is 1. The van der Waals surface area contributed by atoms with Crippen molar-refractivity contribution in [3.63, 3.8) is 0 Å². The van der Waals surface area contributed by atoms with Crippen LogP contribution in [-0.2, 0) is 17.2 Å². The number of aryl methyl sites for hydroxylation is 1. The molecule has 1 aliphatic heterocycles. The van der Waals surface area contributed by atoms with Gasteiger partial charge in [0.2, 0.25) is 5.89 Å². The van der Waals surface area contributed by atoms with Crippen LogP contribution in [0.1, 0.15) is 18.5 Å². The summed E-state index contributed by atoms with van der Waals surface area (Å²) in [6.45, 7) is -0.464. The highest BCUT2D eigenvalue weighted by atomic mass is 32.2. The van der Waals surface area contributed by atoms with Gasteiger partial charge in [-0.1, -0.05) is 12.1 Å². The topological polar surface area (TPSA) is 101 Å². The molecule has 0 amide bonds. The highest BCUT2D eigenvalue weighted by Gasteiger charge is 2.57. The van der Waals surface area contributed by atoms with Crippen LogP contribution in [0.2, 0.25) is 0 Å². The van der Waals surface area contributed by atoms with E-state index in [4.69, 9.17) is 4.42 Å². The summed E-state index contributed by atoms with van der Waals surface area (Å²) in [4.78, 5) is 13.6. The summed E-state index contributed by atoms with van der Waals surface area (Å²) >= 11 is 0. The first kappa shape index (κ1) is 19.3. The second-order valence-electron chi connectivity index (χ2n) is 7.66. The predicted octanol–water partition coefficient (Wildman–Crippen LogP) is 3.03. The molecule has 0 saturated heterocycles. The largest absolute Gasteiger partial charge is 0.445 e. The van der Waals surface area contributed by atoms with Gasteiger partial charge in [0.15, 0.2) is 5.82 Å². The molecular formula is C20H18F2N4O3S. The molecule has 0 bridgehead atoms. The standard InChI is InChI=1S/C20H18F2N4O3S/c21-20(22)9-19(10-20,11-27)26-17-15-14(5-8-30(15)28)24-16(25-17)12-1-3-13(4-2-12)18-23-6-7-29-18/h1-4,6-7,27H,5,8-11H2,(H,24,25,26)/t30-/m0/s1. The van der Waals surface area contributed by atoms with Gasteiger partial charge >= 0.3 is 0 Å². The van der Waals surface area contributed by atoms with E-state index < -0.39 is 41.7 Å². The van der Waals surface area contributed by atoms with Crippen molar-refractivity contribution in [1.82, 2.24) is 15.0 Å². The van der Waals surface area contributed by atoms with Crippen LogP contribution < -0.4 is 5.32 Å². The summed E-state index contributed by atoms with van der Waals surface area (Å²) in [5.74, 6) is -1.28. The van der Waals surface area contributed by atoms with Gasteiger partial charge in [-0.05, 0) is 12.1 Å². The van der Waals surface area contributed by atoms with E-state index in [1.54, 1.807) is 6.20 Å². The number of fused-ring (bicyclic) bond motifs is 1. The van der Waals surface area contributed by atoms with E-state index >= 15 is 0 Å². The zero-order chi connectivity index (χ0) is 20.9. The maximum atomic E-state index is 13.5. The van der Waals surface area contributed by atoms with Crippen LogP contribution in [0, 0.1) is 0 Å². The monoisotopic (exact) mass is 432 g/mol. The van der Waals surface area contributed by atoms with Gasteiger partial charge in [0.25, 0.3) is 5.92 Å². The molecule has 1 fully saturated rings. The van der Waals surface area contributed by atoms with Crippen molar-refractivity contribution in [2.75, 3.05) is 17.7 Å². The number of nitrogens with zero attached hydrogens (tertiary/aromatic N) is 3. The first-order valence-corrected chi connectivity index (χ1v) is 10.8. The van der Waals surface area contributed by atoms with Crippen molar-refractivity contribution < 1.29 is 22.5 Å². The summed E-state index contributed by atoms with van der Waals surface area (Å²) in [7, 11) is -1.31. The minimum absolute atomic E-state index is 0.257. The highest BCUT2D eigenvalue weighted by molar-refractivity contribution is 7.85. The van der Waals surface area contributed by atoms with E-state index in [1.165, 1.54) is 6.26 Å². The Balaban J connectivity index is 1.51. The van der Waals surface area contributed by atoms with Gasteiger partial charge in [0, 0.05) is 36.1 Å². The number of oxazole rings is 1. The van der Waals surface area contributed by atoms with Crippen LogP contribution in [0.4, 0.5) is 14.6 Å². The zero-order valence-corrected chi connectivity index (χ0v) is 16.6. The molecule has 30 heavy (non-hydrogen) atoms. The number of anilines is 1. The third-order valence-corrected chi connectivity index (χ3v) is 6.85. The Morgan fingerprint density at radius 2 is 1.90 bits per heavy atom. The lowest BCUT2D eigenvalue weighted by Gasteiger charge is -2.47. The molecule has 3 heterocycles. The first-order valence-electron chi connectivity index (χ1n) is 9.45. The summed E-state index contributed by atoms with van der Waals surface area (Å²) in [5, 5.41) is 12.7. The van der Waals surface area contributed by atoms with E-state index in [1.807, 2.05) is 24.3 Å². The molecule has 1 aliphatic carbocycles. The van der Waals surface area contributed by atoms with Crippen molar-refractivity contribution in [2.24, 2.45) is 0 Å². The summed E-state index contributed by atoms with van der Waals surface area (Å²) in [6.07, 6.45) is 2.57. The normalized spacial score (nSPS) is 21.1. The fourth-order valence-corrected chi connectivity index (χ4v) is 5.27. The molecular weight excluding hydrogens is 414 g/mol. The van der Waals surface area contributed by atoms with Gasteiger partial charge in [0.05, 0.1) is 34.8 Å². The fraction of sp³-hybridized carbons (Fsp3) is 0.350. The van der Waals surface area contributed by atoms with Crippen molar-refractivity contribution in [3.05, 3.63) is 42.4 Å². The van der Waals surface area contributed by atoms with E-state index in [9.17, 15) is 18.1 Å². The fourth-order valence-electron chi connectivity index (χ4n) is 3.97. The zero-order valence-electron chi connectivity index (χ0n) is 15.8. The van der Waals surface area contributed by atoms with Crippen molar-refractivity contribution in [1.29, 1.82) is 0 Å². The molecule has 1 aromatic carbocycles. The van der Waals surface area contributed by atoms with Crippen LogP contribution in [0.25, 0.3) is 22.8 Å². The quantitative estimate of drug-likeness (QED) is 0.639. The summed E-state index contributed by atoms with van der Waals surface area (Å²) in [5.41, 5.74) is 0.965. The molecule has 0 unspecified atom stereocenters. The maximum Gasteiger partial charge on any atom is 0.252 e. The second kappa shape index (κ2) is 6.92. The van der Waals surface area contributed by atoms with Crippen molar-refractivity contribution in [3.8, 4) is 22.8 Å². The number of alkyl halides is 2. The first-order chi connectivity index (χ1) is 14.4. The Kier molecular flexibility index (Phi) is 4.44. The van der Waals surface area contributed by atoms with Crippen LogP contribution in [0.15, 0.2) is 46.0 Å². The molecule has 3 aromatic rings. The SMILES string of the molecule is O=[S@]1CCc2nc(-c3ccc(-c4ncco4)cc3)nc(NC3(CO)CC(F)(F)C3)c21. The third kappa shape index (κ3) is 3.29. The minimum Gasteiger partial charge on any atom is -0.445 e. The van der Waals surface area contributed by atoms with Gasteiger partial charge in [-0.2, -0.15) is 0 Å². The second-order valence-corrected chi connectivity index (χ2v) is 9.17. The Morgan fingerprint density at radius 3 is 2.53 bits per heavy atom. The summed E-state index contributed by atoms with van der Waals surface area (Å²) < 4.78 is 44.8. The van der Waals surface area contributed by atoms with E-state index in [-0.39, 0.29) is 5.82 Å². The number of nitrogens with one attached hydrogen (secondary N) is 1. The molecule has 1 atom stereocenters. The number of aliphatic hydroxyl groups is 1. The number of benzene rings is 1. The average molecular weight is 432 g/mol. The highest BCUT2D eigenvalue weighted by Crippen LogP contribution is 2.48. The molecule has 2 aromatic heterocycles. The molecule has 7 nitrogen and oxygen atoms in total. The summed E-state index contributed by atoms with van der Waals surface area (Å²) in [6, 6.07) is 7.28. The Bertz CT molecular complexity index is 1110. The van der Waals surface area contributed by atoms with Crippen LogP contribution >= 0.6 is 0 Å². The van der Waals surface area contributed by atoms with Crippen LogP contribution in [0.5, 0.6) is 0 Å². The van der Waals surface area contributed by atoms with Gasteiger partial charge < -0.3 is 14.8 Å². The van der Waals surface area contributed by atoms with Crippen LogP contribution in [-0.4, -0.2) is 48.1 Å². The lowest BCUT2D eigenvalue weighted by atomic mass is 9.74. The van der Waals surface area contributed by atoms with Crippen molar-refractivity contribution in [2.45, 2.75) is 35.6 Å². The smallest absolute Gasteiger partial charge is 0.252 e. The number of halogens is 2. The van der Waals surface area contributed by atoms with Gasteiger partial charge in [-0.25, -0.2) is 23.7 Å². The van der Waals surface area contributed by atoms with Crippen molar-refractivity contribution >= 4 is 16.6 Å². The molecule has 156 valence electrons. The van der Waals surface area contributed by atoms with E-state index in [0.717, 1.165) is 5.56 Å². The lowest BCUT2D eigenvalue weighted by molar-refractivity contribution is -0.126. The number of aromatic nitrogens is 3. The number of hydrogen-bond donors (Lipinski definition) is 2. The molecule has 10 heteroatoms. The Hall–Kier alpha value is -2.72. The van der Waals surface area contributed by atoms with Crippen LogP contribution in [0.3, 0.4) is 0 Å². The minimum atomic E-state index is -2.83. The molecule has 0 radical (unpaired) electrons. The average Bonchev–Trinajstić information content (AvgIpc) is 3.37. The molecule has 5 rings (SSSR count). The van der Waals surface area contributed by atoms with E-state index in [0.29, 0.717) is 40.0 Å². The lowest BCUT2D eigenvalue weighted by Crippen LogP contribution is -2.59. The molecule has 1 saturated carbocycles. The van der Waals surface area contributed by atoms with Gasteiger partial charge in [0.1, 0.15) is 17.0 Å². The Morgan fingerprint density at radius 1 is 1.17 bits per heavy atom. The van der Waals surface area contributed by atoms with Gasteiger partial charge in [-0.15, -0.1) is 0 Å². The number of rotatable bonds is 5. The van der Waals surface area contributed by atoms with E-state index in [2.05, 4.69) is 20.3 Å². The molecule has 0 spiro atoms. The third-order valence-electron chi connectivity index (χ3n) is 5.39. The maximum absolute atomic E-state index is 13.5. The molecule has 2 aliphatic rings. The van der Waals surface area contributed by atoms with Gasteiger partial charge in [-0.3, -0.25) is 4.21 Å².